The van der Waals surface area contributed by atoms with Crippen LogP contribution in [0.4, 0.5) is 5.69 Å². The topological polar surface area (TPSA) is 27.7 Å². The van der Waals surface area contributed by atoms with Crippen molar-refractivity contribution in [2.24, 2.45) is 0 Å². The molecule has 1 aromatic rings. The molecule has 0 unspecified atom stereocenters. The van der Waals surface area contributed by atoms with Gasteiger partial charge in [-0.3, -0.25) is 4.90 Å². The Bertz CT molecular complexity index is 451. The maximum atomic E-state index is 5.65. The van der Waals surface area contributed by atoms with Gasteiger partial charge in [0.1, 0.15) is 5.75 Å². The zero-order valence-electron chi connectivity index (χ0n) is 13.1. The molecule has 0 spiro atoms. The molecule has 0 saturated carbocycles. The number of rotatable bonds is 4. The molecule has 4 nitrogen and oxygen atoms in total. The zero-order chi connectivity index (χ0) is 14.5. The smallest absolute Gasteiger partial charge is 0.142 e. The molecule has 4 heteroatoms. The van der Waals surface area contributed by atoms with Crippen molar-refractivity contribution in [3.63, 3.8) is 0 Å². The summed E-state index contributed by atoms with van der Waals surface area (Å²) < 4.78 is 5.65. The average molecular weight is 289 g/mol. The molecule has 2 aliphatic rings. The van der Waals surface area contributed by atoms with Gasteiger partial charge in [0.15, 0.2) is 0 Å². The van der Waals surface area contributed by atoms with Gasteiger partial charge < -0.3 is 15.0 Å². The summed E-state index contributed by atoms with van der Waals surface area (Å²) in [6, 6.07) is 6.74. The van der Waals surface area contributed by atoms with E-state index in [2.05, 4.69) is 33.3 Å². The summed E-state index contributed by atoms with van der Waals surface area (Å²) in [5, 5.41) is 3.40. The van der Waals surface area contributed by atoms with Crippen LogP contribution in [0.3, 0.4) is 0 Å². The lowest BCUT2D eigenvalue weighted by Gasteiger charge is -2.31. The van der Waals surface area contributed by atoms with Crippen LogP contribution in [0.25, 0.3) is 0 Å². The number of hydrogen-bond acceptors (Lipinski definition) is 4. The number of methoxy groups -OCH3 is 1. The summed E-state index contributed by atoms with van der Waals surface area (Å²) >= 11 is 0. The third kappa shape index (κ3) is 3.69. The first-order valence-corrected chi connectivity index (χ1v) is 8.22. The largest absolute Gasteiger partial charge is 0.495 e. The summed E-state index contributed by atoms with van der Waals surface area (Å²) in [4.78, 5) is 4.97. The van der Waals surface area contributed by atoms with Crippen molar-refractivity contribution in [2.75, 3.05) is 51.3 Å². The number of hydrogen-bond donors (Lipinski definition) is 1. The monoisotopic (exact) mass is 289 g/mol. The third-order valence-corrected chi connectivity index (χ3v) is 4.56. The molecule has 2 saturated heterocycles. The molecule has 1 aromatic carbocycles. The highest BCUT2D eigenvalue weighted by molar-refractivity contribution is 5.60. The number of benzene rings is 1. The van der Waals surface area contributed by atoms with E-state index in [1.54, 1.807) is 7.11 Å². The molecule has 0 amide bonds. The first-order valence-electron chi connectivity index (χ1n) is 8.22. The number of likely N-dealkylation sites (tertiary alicyclic amines) is 1. The fourth-order valence-electron chi connectivity index (χ4n) is 3.36. The van der Waals surface area contributed by atoms with Gasteiger partial charge >= 0.3 is 0 Å². The normalized spacial score (nSPS) is 20.5. The van der Waals surface area contributed by atoms with E-state index < -0.39 is 0 Å². The summed E-state index contributed by atoms with van der Waals surface area (Å²) in [6.45, 7) is 7.75. The molecule has 3 rings (SSSR count). The SMILES string of the molecule is COc1cc(CN2CCCCC2)ccc1N1CCNCC1. The second-order valence-corrected chi connectivity index (χ2v) is 6.08. The molecule has 21 heavy (non-hydrogen) atoms. The molecule has 116 valence electrons. The minimum absolute atomic E-state index is 1.02. The van der Waals surface area contributed by atoms with Crippen molar-refractivity contribution in [3.05, 3.63) is 23.8 Å². The lowest BCUT2D eigenvalue weighted by Crippen LogP contribution is -2.43. The first kappa shape index (κ1) is 14.7. The van der Waals surface area contributed by atoms with Gasteiger partial charge in [-0.15, -0.1) is 0 Å². The van der Waals surface area contributed by atoms with Crippen LogP contribution in [-0.2, 0) is 6.54 Å². The van der Waals surface area contributed by atoms with Crippen LogP contribution in [0, 0.1) is 0 Å². The van der Waals surface area contributed by atoms with Gasteiger partial charge in [-0.05, 0) is 43.6 Å². The molecule has 2 aliphatic heterocycles. The van der Waals surface area contributed by atoms with E-state index >= 15 is 0 Å². The first-order chi connectivity index (χ1) is 10.4. The molecule has 2 heterocycles. The predicted octanol–water partition coefficient (Wildman–Crippen LogP) is 2.09. The Kier molecular flexibility index (Phi) is 4.99. The van der Waals surface area contributed by atoms with Crippen LogP contribution in [0.1, 0.15) is 24.8 Å². The van der Waals surface area contributed by atoms with Crippen LogP contribution in [-0.4, -0.2) is 51.3 Å². The van der Waals surface area contributed by atoms with E-state index in [-0.39, 0.29) is 0 Å². The highest BCUT2D eigenvalue weighted by Crippen LogP contribution is 2.30. The second kappa shape index (κ2) is 7.14. The molecular weight excluding hydrogens is 262 g/mol. The van der Waals surface area contributed by atoms with E-state index in [1.807, 2.05) is 0 Å². The van der Waals surface area contributed by atoms with E-state index in [9.17, 15) is 0 Å². The Morgan fingerprint density at radius 1 is 1.05 bits per heavy atom. The maximum Gasteiger partial charge on any atom is 0.142 e. The quantitative estimate of drug-likeness (QED) is 0.918. The van der Waals surface area contributed by atoms with E-state index in [0.29, 0.717) is 0 Å². The van der Waals surface area contributed by atoms with E-state index in [1.165, 1.54) is 43.6 Å². The lowest BCUT2D eigenvalue weighted by molar-refractivity contribution is 0.220. The molecule has 0 aliphatic carbocycles. The van der Waals surface area contributed by atoms with Crippen molar-refractivity contribution < 1.29 is 4.74 Å². The molecule has 1 N–H and O–H groups in total. The number of nitrogens with zero attached hydrogens (tertiary/aromatic N) is 2. The second-order valence-electron chi connectivity index (χ2n) is 6.08. The fraction of sp³-hybridized carbons (Fsp3) is 0.647. The average Bonchev–Trinajstić information content (AvgIpc) is 2.56. The van der Waals surface area contributed by atoms with Gasteiger partial charge in [0.2, 0.25) is 0 Å². The van der Waals surface area contributed by atoms with Gasteiger partial charge in [0, 0.05) is 32.7 Å². The summed E-state index contributed by atoms with van der Waals surface area (Å²) in [5.74, 6) is 1.02. The number of anilines is 1. The predicted molar refractivity (Wildman–Crippen MR) is 87.2 cm³/mol. The summed E-state index contributed by atoms with van der Waals surface area (Å²) in [6.07, 6.45) is 4.08. The lowest BCUT2D eigenvalue weighted by atomic mass is 10.1. The van der Waals surface area contributed by atoms with Crippen LogP contribution in [0.15, 0.2) is 18.2 Å². The van der Waals surface area contributed by atoms with Gasteiger partial charge in [-0.2, -0.15) is 0 Å². The fourth-order valence-corrected chi connectivity index (χ4v) is 3.36. The molecule has 0 bridgehead atoms. The van der Waals surface area contributed by atoms with Gasteiger partial charge in [0.05, 0.1) is 12.8 Å². The van der Waals surface area contributed by atoms with Gasteiger partial charge in [0.25, 0.3) is 0 Å². The summed E-state index contributed by atoms with van der Waals surface area (Å²) in [5.41, 5.74) is 2.61. The number of nitrogens with one attached hydrogen (secondary N) is 1. The number of piperazine rings is 1. The Labute approximate surface area is 128 Å². The molecule has 0 radical (unpaired) electrons. The minimum Gasteiger partial charge on any atom is -0.495 e. The maximum absolute atomic E-state index is 5.65. The standard InChI is InChI=1S/C17H27N3O/c1-21-17-13-15(14-19-9-3-2-4-10-19)5-6-16(17)20-11-7-18-8-12-20/h5-6,13,18H,2-4,7-12,14H2,1H3. The van der Waals surface area contributed by atoms with Crippen LogP contribution in [0.2, 0.25) is 0 Å². The molecule has 0 atom stereocenters. The van der Waals surface area contributed by atoms with Crippen LogP contribution < -0.4 is 15.0 Å². The van der Waals surface area contributed by atoms with E-state index in [0.717, 1.165) is 38.5 Å². The Morgan fingerprint density at radius 2 is 1.81 bits per heavy atom. The Balaban J connectivity index is 1.71. The molecule has 0 aromatic heterocycles. The van der Waals surface area contributed by atoms with Crippen LogP contribution >= 0.6 is 0 Å². The minimum atomic E-state index is 1.02. The van der Waals surface area contributed by atoms with Crippen molar-refractivity contribution in [1.82, 2.24) is 10.2 Å². The Hall–Kier alpha value is -1.26. The number of ether oxygens (including phenoxy) is 1. The highest BCUT2D eigenvalue weighted by atomic mass is 16.5. The third-order valence-electron chi connectivity index (χ3n) is 4.56. The highest BCUT2D eigenvalue weighted by Gasteiger charge is 2.16. The zero-order valence-corrected chi connectivity index (χ0v) is 13.1. The molecular formula is C17H27N3O. The number of piperidine rings is 1. The van der Waals surface area contributed by atoms with Crippen molar-refractivity contribution >= 4 is 5.69 Å². The van der Waals surface area contributed by atoms with Crippen molar-refractivity contribution in [1.29, 1.82) is 0 Å². The Morgan fingerprint density at radius 3 is 2.52 bits per heavy atom. The molecule has 2 fully saturated rings. The van der Waals surface area contributed by atoms with E-state index in [4.69, 9.17) is 4.74 Å². The van der Waals surface area contributed by atoms with Crippen molar-refractivity contribution in [3.8, 4) is 5.75 Å². The van der Waals surface area contributed by atoms with Gasteiger partial charge in [-0.25, -0.2) is 0 Å². The van der Waals surface area contributed by atoms with Crippen LogP contribution in [0.5, 0.6) is 5.75 Å². The van der Waals surface area contributed by atoms with Crippen molar-refractivity contribution in [2.45, 2.75) is 25.8 Å². The summed E-state index contributed by atoms with van der Waals surface area (Å²) in [7, 11) is 1.78. The van der Waals surface area contributed by atoms with Gasteiger partial charge in [-0.1, -0.05) is 12.5 Å².